The molecule has 2 N–H and O–H groups in total. The van der Waals surface area contributed by atoms with Crippen LogP contribution in [0.5, 0.6) is 0 Å². The lowest BCUT2D eigenvalue weighted by atomic mass is 9.81. The van der Waals surface area contributed by atoms with Crippen LogP contribution in [0.1, 0.15) is 39.0 Å². The summed E-state index contributed by atoms with van der Waals surface area (Å²) in [4.78, 5) is 4.18. The molecule has 0 spiro atoms. The molecular weight excluding hydrogens is 340 g/mol. The van der Waals surface area contributed by atoms with Crippen molar-refractivity contribution in [3.63, 3.8) is 0 Å². The van der Waals surface area contributed by atoms with E-state index in [1.165, 1.54) is 30.0 Å². The van der Waals surface area contributed by atoms with Gasteiger partial charge in [0.15, 0.2) is 5.96 Å². The summed E-state index contributed by atoms with van der Waals surface area (Å²) in [5, 5.41) is 6.42. The summed E-state index contributed by atoms with van der Waals surface area (Å²) in [5.41, 5.74) is 0. The summed E-state index contributed by atoms with van der Waals surface area (Å²) in [6.45, 7) is 5.46. The van der Waals surface area contributed by atoms with E-state index in [1.54, 1.807) is 7.05 Å². The van der Waals surface area contributed by atoms with Gasteiger partial charge in [-0.05, 0) is 24.7 Å². The molecule has 2 unspecified atom stereocenters. The Morgan fingerprint density at radius 3 is 2.60 bits per heavy atom. The van der Waals surface area contributed by atoms with Crippen LogP contribution in [-0.2, 0) is 14.8 Å². The zero-order chi connectivity index (χ0) is 18.1. The summed E-state index contributed by atoms with van der Waals surface area (Å²) >= 11 is 0. The van der Waals surface area contributed by atoms with Crippen LogP contribution in [-0.4, -0.2) is 70.9 Å². The zero-order valence-electron chi connectivity index (χ0n) is 15.7. The molecule has 7 nitrogen and oxygen atoms in total. The van der Waals surface area contributed by atoms with E-state index in [-0.39, 0.29) is 5.75 Å². The molecule has 2 rings (SSSR count). The van der Waals surface area contributed by atoms with Gasteiger partial charge in [0, 0.05) is 33.2 Å². The first-order valence-electron chi connectivity index (χ1n) is 9.51. The minimum absolute atomic E-state index is 0.0772. The number of hydrogen-bond donors (Lipinski definition) is 2. The highest BCUT2D eigenvalue weighted by Crippen LogP contribution is 2.30. The Balaban J connectivity index is 1.64. The van der Waals surface area contributed by atoms with Crippen LogP contribution in [0.2, 0.25) is 0 Å². The number of rotatable bonds is 7. The lowest BCUT2D eigenvalue weighted by Crippen LogP contribution is -2.45. The van der Waals surface area contributed by atoms with E-state index in [0.717, 1.165) is 24.8 Å². The molecule has 146 valence electrons. The highest BCUT2D eigenvalue weighted by atomic mass is 32.2. The lowest BCUT2D eigenvalue weighted by molar-refractivity contribution is 0.0730. The van der Waals surface area contributed by atoms with Crippen molar-refractivity contribution in [2.24, 2.45) is 16.8 Å². The molecule has 0 aromatic heterocycles. The predicted octanol–water partition coefficient (Wildman–Crippen LogP) is 1.03. The number of nitrogens with one attached hydrogen (secondary N) is 2. The maximum absolute atomic E-state index is 12.3. The van der Waals surface area contributed by atoms with E-state index in [1.807, 2.05) is 0 Å². The van der Waals surface area contributed by atoms with Gasteiger partial charge in [-0.2, -0.15) is 4.31 Å². The Morgan fingerprint density at radius 1 is 1.20 bits per heavy atom. The van der Waals surface area contributed by atoms with Gasteiger partial charge in [0.25, 0.3) is 0 Å². The molecule has 0 aromatic carbocycles. The summed E-state index contributed by atoms with van der Waals surface area (Å²) < 4.78 is 31.3. The van der Waals surface area contributed by atoms with Gasteiger partial charge in [0.1, 0.15) is 0 Å². The SMILES string of the molecule is CN=C(NCCC1CCCC(C)C1)NCCS(=O)(=O)N1CCOCC1. The highest BCUT2D eigenvalue weighted by Gasteiger charge is 2.24. The maximum atomic E-state index is 12.3. The maximum Gasteiger partial charge on any atom is 0.215 e. The average molecular weight is 375 g/mol. The third-order valence-electron chi connectivity index (χ3n) is 5.13. The fourth-order valence-corrected chi connectivity index (χ4v) is 5.01. The van der Waals surface area contributed by atoms with Crippen molar-refractivity contribution in [1.82, 2.24) is 14.9 Å². The van der Waals surface area contributed by atoms with Crippen LogP contribution in [0.3, 0.4) is 0 Å². The van der Waals surface area contributed by atoms with Gasteiger partial charge in [-0.15, -0.1) is 0 Å². The van der Waals surface area contributed by atoms with Gasteiger partial charge in [-0.1, -0.05) is 26.2 Å². The molecule has 1 aliphatic heterocycles. The molecule has 1 saturated carbocycles. The highest BCUT2D eigenvalue weighted by molar-refractivity contribution is 7.89. The standard InChI is InChI=1S/C17H34N4O3S/c1-15-4-3-5-16(14-15)6-7-19-17(18-2)20-8-13-25(22,23)21-9-11-24-12-10-21/h15-16H,3-14H2,1-2H3,(H2,18,19,20). The molecule has 2 aliphatic rings. The van der Waals surface area contributed by atoms with Crippen molar-refractivity contribution in [3.8, 4) is 0 Å². The lowest BCUT2D eigenvalue weighted by Gasteiger charge is -2.27. The first-order valence-corrected chi connectivity index (χ1v) is 11.1. The Morgan fingerprint density at radius 2 is 1.92 bits per heavy atom. The molecule has 0 radical (unpaired) electrons. The van der Waals surface area contributed by atoms with Gasteiger partial charge in [-0.25, -0.2) is 8.42 Å². The van der Waals surface area contributed by atoms with Crippen molar-refractivity contribution >= 4 is 16.0 Å². The van der Waals surface area contributed by atoms with Crippen molar-refractivity contribution < 1.29 is 13.2 Å². The van der Waals surface area contributed by atoms with Crippen LogP contribution in [0.4, 0.5) is 0 Å². The predicted molar refractivity (Wildman–Crippen MR) is 101 cm³/mol. The zero-order valence-corrected chi connectivity index (χ0v) is 16.5. The molecule has 0 bridgehead atoms. The Labute approximate surface area is 152 Å². The number of sulfonamides is 1. The van der Waals surface area contributed by atoms with Gasteiger partial charge >= 0.3 is 0 Å². The third-order valence-corrected chi connectivity index (χ3v) is 7.00. The molecule has 0 amide bonds. The first-order chi connectivity index (χ1) is 12.0. The third kappa shape index (κ3) is 7.11. The number of hydrogen-bond acceptors (Lipinski definition) is 4. The fourth-order valence-electron chi connectivity index (χ4n) is 3.69. The van der Waals surface area contributed by atoms with E-state index in [0.29, 0.717) is 38.8 Å². The Kier molecular flexibility index (Phi) is 8.45. The van der Waals surface area contributed by atoms with Crippen molar-refractivity contribution in [2.75, 3.05) is 52.2 Å². The topological polar surface area (TPSA) is 83.0 Å². The van der Waals surface area contributed by atoms with Gasteiger partial charge in [0.2, 0.25) is 10.0 Å². The van der Waals surface area contributed by atoms with Gasteiger partial charge < -0.3 is 15.4 Å². The molecule has 2 fully saturated rings. The normalized spacial score (nSPS) is 26.4. The van der Waals surface area contributed by atoms with Crippen LogP contribution in [0.25, 0.3) is 0 Å². The number of aliphatic imine (C=N–C) groups is 1. The second-order valence-corrected chi connectivity index (χ2v) is 9.27. The average Bonchev–Trinajstić information content (AvgIpc) is 2.61. The largest absolute Gasteiger partial charge is 0.379 e. The molecule has 1 aliphatic carbocycles. The van der Waals surface area contributed by atoms with Crippen LogP contribution in [0, 0.1) is 11.8 Å². The molecule has 1 saturated heterocycles. The fraction of sp³-hybridized carbons (Fsp3) is 0.941. The molecule has 1 heterocycles. The Bertz CT molecular complexity index is 518. The number of morpholine rings is 1. The summed E-state index contributed by atoms with van der Waals surface area (Å²) in [6, 6.07) is 0. The summed E-state index contributed by atoms with van der Waals surface area (Å²) in [5.74, 6) is 2.41. The number of ether oxygens (including phenoxy) is 1. The summed E-state index contributed by atoms with van der Waals surface area (Å²) in [7, 11) is -1.51. The van der Waals surface area contributed by atoms with Crippen molar-refractivity contribution in [1.29, 1.82) is 0 Å². The van der Waals surface area contributed by atoms with Crippen molar-refractivity contribution in [2.45, 2.75) is 39.0 Å². The van der Waals surface area contributed by atoms with E-state index in [4.69, 9.17) is 4.74 Å². The number of nitrogens with zero attached hydrogens (tertiary/aromatic N) is 2. The molecule has 0 aromatic rings. The van der Waals surface area contributed by atoms with E-state index in [2.05, 4.69) is 22.5 Å². The second kappa shape index (κ2) is 10.3. The number of guanidine groups is 1. The van der Waals surface area contributed by atoms with Crippen molar-refractivity contribution in [3.05, 3.63) is 0 Å². The van der Waals surface area contributed by atoms with Crippen LogP contribution >= 0.6 is 0 Å². The van der Waals surface area contributed by atoms with Gasteiger partial charge in [-0.3, -0.25) is 4.99 Å². The minimum Gasteiger partial charge on any atom is -0.379 e. The Hall–Kier alpha value is -0.860. The molecule has 2 atom stereocenters. The second-order valence-electron chi connectivity index (χ2n) is 7.18. The first kappa shape index (κ1) is 20.5. The van der Waals surface area contributed by atoms with E-state index in [9.17, 15) is 8.42 Å². The van der Waals surface area contributed by atoms with Crippen LogP contribution < -0.4 is 10.6 Å². The van der Waals surface area contributed by atoms with E-state index >= 15 is 0 Å². The monoisotopic (exact) mass is 374 g/mol. The van der Waals surface area contributed by atoms with Crippen LogP contribution in [0.15, 0.2) is 4.99 Å². The molecular formula is C17H34N4O3S. The smallest absolute Gasteiger partial charge is 0.215 e. The van der Waals surface area contributed by atoms with Gasteiger partial charge in [0.05, 0.1) is 19.0 Å². The minimum atomic E-state index is -3.22. The van der Waals surface area contributed by atoms with E-state index < -0.39 is 10.0 Å². The molecule has 25 heavy (non-hydrogen) atoms. The quantitative estimate of drug-likeness (QED) is 0.514. The summed E-state index contributed by atoms with van der Waals surface area (Å²) in [6.07, 6.45) is 6.52. The molecule has 8 heteroatoms.